The van der Waals surface area contributed by atoms with Gasteiger partial charge in [0.2, 0.25) is 0 Å². The van der Waals surface area contributed by atoms with E-state index in [1.807, 2.05) is 63.8 Å². The molecular formula is C56H51N7. The normalized spacial score (nSPS) is 12.1. The van der Waals surface area contributed by atoms with E-state index in [4.69, 9.17) is 20.0 Å². The van der Waals surface area contributed by atoms with Gasteiger partial charge < -0.3 is 15.0 Å². The standard InChI is InChI=1S/C56H51N7/c1-37(2)7-8-38(3)33-57-46-23-12-42(13-24-46)53-31-55(44-16-27-48(28-17-44)59-35-51-21-10-40(5)62-51)56(45-18-29-49(30-19-45)60-36-52-22-11-41(6)63-52)32-54(53)43-14-25-47(26-15-43)58-34-50-20-9-39(4)61-50/h7-36,61-63H,1-6H3/b38-8+,57-33?,58-34?,59-35?,60-36?. The second kappa shape index (κ2) is 19.2. The van der Waals surface area contributed by atoms with Crippen molar-refractivity contribution in [1.82, 2.24) is 15.0 Å². The summed E-state index contributed by atoms with van der Waals surface area (Å²) < 4.78 is 0. The topological polar surface area (TPSA) is 96.8 Å². The summed E-state index contributed by atoms with van der Waals surface area (Å²) in [6.45, 7) is 12.4. The Morgan fingerprint density at radius 3 is 0.937 bits per heavy atom. The Bertz CT molecular complexity index is 3010. The van der Waals surface area contributed by atoms with Crippen LogP contribution in [-0.4, -0.2) is 39.8 Å². The lowest BCUT2D eigenvalue weighted by Gasteiger charge is -2.19. The van der Waals surface area contributed by atoms with Gasteiger partial charge in [-0.3, -0.25) is 20.0 Å². The molecule has 8 rings (SSSR count). The van der Waals surface area contributed by atoms with E-state index in [0.717, 1.165) is 107 Å². The fourth-order valence-electron chi connectivity index (χ4n) is 7.22. The van der Waals surface area contributed by atoms with Crippen molar-refractivity contribution in [1.29, 1.82) is 0 Å². The molecule has 310 valence electrons. The molecule has 0 atom stereocenters. The third-order valence-electron chi connectivity index (χ3n) is 10.6. The highest BCUT2D eigenvalue weighted by Gasteiger charge is 2.17. The van der Waals surface area contributed by atoms with E-state index in [2.05, 4.69) is 175 Å². The fraction of sp³-hybridized carbons (Fsp3) is 0.107. The Kier molecular flexibility index (Phi) is 12.8. The molecule has 3 heterocycles. The third kappa shape index (κ3) is 10.9. The maximum absolute atomic E-state index is 4.79. The molecule has 0 bridgehead atoms. The lowest BCUT2D eigenvalue weighted by molar-refractivity contribution is 1.25. The van der Waals surface area contributed by atoms with Crippen molar-refractivity contribution in [3.05, 3.63) is 203 Å². The quantitative estimate of drug-likeness (QED) is 0.0763. The van der Waals surface area contributed by atoms with Crippen LogP contribution in [0.15, 0.2) is 189 Å². The number of nitrogens with one attached hydrogen (secondary N) is 3. The van der Waals surface area contributed by atoms with Gasteiger partial charge in [0, 0.05) is 23.3 Å². The minimum Gasteiger partial charge on any atom is -0.358 e. The molecule has 7 heteroatoms. The summed E-state index contributed by atoms with van der Waals surface area (Å²) >= 11 is 0. The van der Waals surface area contributed by atoms with E-state index >= 15 is 0 Å². The molecule has 5 aromatic carbocycles. The van der Waals surface area contributed by atoms with Crippen molar-refractivity contribution in [2.24, 2.45) is 20.0 Å². The number of aromatic amines is 3. The zero-order valence-corrected chi connectivity index (χ0v) is 36.6. The van der Waals surface area contributed by atoms with Gasteiger partial charge in [0.15, 0.2) is 0 Å². The summed E-state index contributed by atoms with van der Waals surface area (Å²) in [7, 11) is 0. The predicted octanol–water partition coefficient (Wildman–Crippen LogP) is 15.1. The van der Waals surface area contributed by atoms with Crippen LogP contribution in [0.25, 0.3) is 44.5 Å². The first kappa shape index (κ1) is 41.8. The molecule has 7 nitrogen and oxygen atoms in total. The number of benzene rings is 5. The molecule has 0 unspecified atom stereocenters. The number of rotatable bonds is 13. The summed E-state index contributed by atoms with van der Waals surface area (Å²) in [4.78, 5) is 29.1. The van der Waals surface area contributed by atoms with Gasteiger partial charge in [-0.05, 0) is 189 Å². The molecule has 63 heavy (non-hydrogen) atoms. The fourth-order valence-corrected chi connectivity index (χ4v) is 7.22. The second-order valence-electron chi connectivity index (χ2n) is 16.1. The highest BCUT2D eigenvalue weighted by atomic mass is 14.8. The van der Waals surface area contributed by atoms with Crippen LogP contribution in [0.4, 0.5) is 22.7 Å². The molecule has 0 saturated heterocycles. The first-order valence-corrected chi connectivity index (χ1v) is 21.2. The van der Waals surface area contributed by atoms with Gasteiger partial charge in [0.25, 0.3) is 0 Å². The maximum Gasteiger partial charge on any atom is 0.0630 e. The highest BCUT2D eigenvalue weighted by molar-refractivity contribution is 5.96. The molecule has 0 aliphatic rings. The van der Waals surface area contributed by atoms with Crippen LogP contribution in [0.5, 0.6) is 0 Å². The van der Waals surface area contributed by atoms with Gasteiger partial charge in [0.1, 0.15) is 0 Å². The van der Waals surface area contributed by atoms with Crippen LogP contribution in [0, 0.1) is 20.8 Å². The summed E-state index contributed by atoms with van der Waals surface area (Å²) in [6.07, 6.45) is 11.7. The second-order valence-corrected chi connectivity index (χ2v) is 16.1. The zero-order chi connectivity index (χ0) is 43.7. The molecule has 0 saturated carbocycles. The van der Waals surface area contributed by atoms with Crippen LogP contribution in [0.3, 0.4) is 0 Å². The Hall–Kier alpha value is -7.90. The van der Waals surface area contributed by atoms with Gasteiger partial charge >= 0.3 is 0 Å². The Morgan fingerprint density at radius 1 is 0.365 bits per heavy atom. The number of hydrogen-bond donors (Lipinski definition) is 3. The maximum atomic E-state index is 4.79. The van der Waals surface area contributed by atoms with E-state index in [-0.39, 0.29) is 0 Å². The van der Waals surface area contributed by atoms with Gasteiger partial charge in [0.05, 0.1) is 58.5 Å². The van der Waals surface area contributed by atoms with Crippen molar-refractivity contribution in [3.8, 4) is 44.5 Å². The van der Waals surface area contributed by atoms with Crippen LogP contribution in [0.1, 0.15) is 54.9 Å². The first-order valence-electron chi connectivity index (χ1n) is 21.2. The zero-order valence-electron chi connectivity index (χ0n) is 36.6. The Balaban J connectivity index is 1.23. The average molecular weight is 822 g/mol. The average Bonchev–Trinajstić information content (AvgIpc) is 4.06. The summed E-state index contributed by atoms with van der Waals surface area (Å²) in [5.41, 5.74) is 20.8. The minimum atomic E-state index is 0.875. The SMILES string of the molecule is CC(C)=C/C=C(\C)C=Nc1ccc(-c2cc(-c3ccc(N=Cc4ccc(C)[nH]4)cc3)c(-c3ccc(N=Cc4ccc(C)[nH]4)cc3)cc2-c2ccc(N=Cc3ccc(C)[nH]3)cc2)cc1. The van der Waals surface area contributed by atoms with E-state index in [1.165, 1.54) is 5.57 Å². The monoisotopic (exact) mass is 821 g/mol. The van der Waals surface area contributed by atoms with E-state index < -0.39 is 0 Å². The van der Waals surface area contributed by atoms with Crippen molar-refractivity contribution in [3.63, 3.8) is 0 Å². The number of H-pyrrole nitrogens is 3. The van der Waals surface area contributed by atoms with E-state index in [0.29, 0.717) is 0 Å². The van der Waals surface area contributed by atoms with E-state index in [1.54, 1.807) is 0 Å². The molecule has 3 aromatic heterocycles. The largest absolute Gasteiger partial charge is 0.358 e. The lowest BCUT2D eigenvalue weighted by atomic mass is 9.85. The van der Waals surface area contributed by atoms with Gasteiger partial charge in [-0.1, -0.05) is 66.3 Å². The van der Waals surface area contributed by atoms with Crippen molar-refractivity contribution in [2.75, 3.05) is 0 Å². The molecule has 0 amide bonds. The van der Waals surface area contributed by atoms with Crippen molar-refractivity contribution in [2.45, 2.75) is 41.5 Å². The van der Waals surface area contributed by atoms with Gasteiger partial charge in [-0.25, -0.2) is 0 Å². The number of aromatic nitrogens is 3. The summed E-state index contributed by atoms with van der Waals surface area (Å²) in [5.74, 6) is 0. The molecule has 0 aliphatic heterocycles. The Morgan fingerprint density at radius 2 is 0.667 bits per heavy atom. The van der Waals surface area contributed by atoms with Crippen LogP contribution < -0.4 is 0 Å². The number of allylic oxidation sites excluding steroid dienone is 4. The lowest BCUT2D eigenvalue weighted by Crippen LogP contribution is -1.92. The highest BCUT2D eigenvalue weighted by Crippen LogP contribution is 2.43. The number of nitrogens with zero attached hydrogens (tertiary/aromatic N) is 4. The van der Waals surface area contributed by atoms with Gasteiger partial charge in [-0.2, -0.15) is 0 Å². The van der Waals surface area contributed by atoms with Crippen molar-refractivity contribution >= 4 is 47.6 Å². The Labute approximate surface area is 370 Å². The molecule has 3 N–H and O–H groups in total. The number of hydrogen-bond acceptors (Lipinski definition) is 4. The number of aliphatic imine (C=N–C) groups is 4. The molecule has 0 aliphatic carbocycles. The molecule has 0 spiro atoms. The van der Waals surface area contributed by atoms with E-state index in [9.17, 15) is 0 Å². The predicted molar refractivity (Wildman–Crippen MR) is 268 cm³/mol. The third-order valence-corrected chi connectivity index (χ3v) is 10.6. The summed E-state index contributed by atoms with van der Waals surface area (Å²) in [5, 5.41) is 0. The molecule has 8 aromatic rings. The smallest absolute Gasteiger partial charge is 0.0630 e. The molecular weight excluding hydrogens is 771 g/mol. The minimum absolute atomic E-state index is 0.875. The molecule has 0 radical (unpaired) electrons. The first-order chi connectivity index (χ1) is 30.6. The molecule has 0 fully saturated rings. The number of aryl methyl sites for hydroxylation is 3. The van der Waals surface area contributed by atoms with Crippen LogP contribution in [-0.2, 0) is 0 Å². The van der Waals surface area contributed by atoms with Crippen LogP contribution in [0.2, 0.25) is 0 Å². The summed E-state index contributed by atoms with van der Waals surface area (Å²) in [6, 6.07) is 50.8. The van der Waals surface area contributed by atoms with Gasteiger partial charge in [-0.15, -0.1) is 0 Å². The van der Waals surface area contributed by atoms with Crippen LogP contribution >= 0.6 is 0 Å². The van der Waals surface area contributed by atoms with Crippen molar-refractivity contribution < 1.29 is 0 Å².